The van der Waals surface area contributed by atoms with Crippen molar-refractivity contribution in [2.75, 3.05) is 0 Å². The maximum absolute atomic E-state index is 2.37. The predicted octanol–water partition coefficient (Wildman–Crippen LogP) is 9.28. The predicted molar refractivity (Wildman–Crippen MR) is 115 cm³/mol. The molecule has 0 nitrogen and oxygen atoms in total. The summed E-state index contributed by atoms with van der Waals surface area (Å²) in [5, 5.41) is 0. The van der Waals surface area contributed by atoms with Crippen LogP contribution < -0.4 is 0 Å². The van der Waals surface area contributed by atoms with Crippen LogP contribution >= 0.6 is 0 Å². The third-order valence-electron chi connectivity index (χ3n) is 4.31. The van der Waals surface area contributed by atoms with Crippen LogP contribution in [0.4, 0.5) is 0 Å². The minimum atomic E-state index is 0.491. The molecule has 24 heavy (non-hydrogen) atoms. The Balaban J connectivity index is 0. The molecule has 0 aromatic heterocycles. The first-order chi connectivity index (χ1) is 10.9. The molecule has 0 aromatic rings. The van der Waals surface area contributed by atoms with E-state index in [0.717, 1.165) is 11.8 Å². The molecule has 148 valence electrons. The Morgan fingerprint density at radius 1 is 0.583 bits per heavy atom. The van der Waals surface area contributed by atoms with Gasteiger partial charge in [-0.05, 0) is 35.5 Å². The fourth-order valence-electron chi connectivity index (χ4n) is 3.67. The van der Waals surface area contributed by atoms with Crippen molar-refractivity contribution in [3.8, 4) is 0 Å². The van der Waals surface area contributed by atoms with Gasteiger partial charge in [0.25, 0.3) is 0 Å². The van der Waals surface area contributed by atoms with E-state index in [1.54, 1.807) is 0 Å². The van der Waals surface area contributed by atoms with Gasteiger partial charge in [-0.1, -0.05) is 121 Å². The molecule has 0 bridgehead atoms. The van der Waals surface area contributed by atoms with Crippen molar-refractivity contribution >= 4 is 0 Å². The minimum absolute atomic E-state index is 0.491. The summed E-state index contributed by atoms with van der Waals surface area (Å²) in [4.78, 5) is 0. The molecule has 0 rings (SSSR count). The highest BCUT2D eigenvalue weighted by molar-refractivity contribution is 4.71. The Hall–Kier alpha value is 0. The van der Waals surface area contributed by atoms with Crippen LogP contribution in [-0.2, 0) is 0 Å². The molecule has 0 aliphatic rings. The Morgan fingerprint density at radius 3 is 1.29 bits per heavy atom. The molecule has 0 aromatic carbocycles. The summed E-state index contributed by atoms with van der Waals surface area (Å²) in [6.07, 6.45) is 14.2. The van der Waals surface area contributed by atoms with Crippen molar-refractivity contribution in [2.24, 2.45) is 22.7 Å². The molecule has 0 fully saturated rings. The van der Waals surface area contributed by atoms with Crippen LogP contribution in [0.15, 0.2) is 0 Å². The lowest BCUT2D eigenvalue weighted by Gasteiger charge is -2.28. The lowest BCUT2D eigenvalue weighted by atomic mass is 9.78. The van der Waals surface area contributed by atoms with Gasteiger partial charge in [0.05, 0.1) is 0 Å². The van der Waals surface area contributed by atoms with Gasteiger partial charge in [-0.2, -0.15) is 0 Å². The molecule has 0 amide bonds. The van der Waals surface area contributed by atoms with Gasteiger partial charge in [-0.3, -0.25) is 0 Å². The zero-order valence-corrected chi connectivity index (χ0v) is 19.2. The van der Waals surface area contributed by atoms with Crippen molar-refractivity contribution in [3.05, 3.63) is 0 Å². The minimum Gasteiger partial charge on any atom is -0.0654 e. The Morgan fingerprint density at radius 2 is 0.958 bits per heavy atom. The zero-order chi connectivity index (χ0) is 19.2. The summed E-state index contributed by atoms with van der Waals surface area (Å²) < 4.78 is 0. The van der Waals surface area contributed by atoms with Crippen molar-refractivity contribution in [2.45, 2.75) is 133 Å². The summed E-state index contributed by atoms with van der Waals surface area (Å²) in [6.45, 7) is 23.2. The van der Waals surface area contributed by atoms with E-state index in [2.05, 4.69) is 69.2 Å². The van der Waals surface area contributed by atoms with Crippen molar-refractivity contribution in [3.63, 3.8) is 0 Å². The van der Waals surface area contributed by atoms with E-state index in [0.29, 0.717) is 10.8 Å². The second-order valence-corrected chi connectivity index (χ2v) is 10.9. The molecular weight excluding hydrogens is 288 g/mol. The second kappa shape index (κ2) is 14.2. The fraction of sp³-hybridized carbons (Fsp3) is 1.00. The maximum Gasteiger partial charge on any atom is -0.0380 e. The zero-order valence-electron chi connectivity index (χ0n) is 19.2. The average molecular weight is 341 g/mol. The monoisotopic (exact) mass is 340 g/mol. The lowest BCUT2D eigenvalue weighted by Crippen LogP contribution is -2.16. The van der Waals surface area contributed by atoms with Crippen LogP contribution in [0.2, 0.25) is 0 Å². The molecule has 0 heteroatoms. The highest BCUT2D eigenvalue weighted by atomic mass is 14.3. The SMILES string of the molecule is CC(CC(C)(C)C)CC(C)(C)C.CCCCCCCCCC(C)C. The standard InChI is InChI=1S/2C12H26/c1-10(8-11(2,3)4)9-12(5,6)7;1-4-5-6-7-8-9-10-11-12(2)3/h10H,8-9H2,1-7H3;12H,4-11H2,1-3H3. The lowest BCUT2D eigenvalue weighted by molar-refractivity contribution is 0.233. The molecule has 0 heterocycles. The molecular formula is C24H52. The van der Waals surface area contributed by atoms with Gasteiger partial charge < -0.3 is 0 Å². The van der Waals surface area contributed by atoms with Gasteiger partial charge in [-0.15, -0.1) is 0 Å². The van der Waals surface area contributed by atoms with E-state index in [1.165, 1.54) is 64.2 Å². The number of hydrogen-bond acceptors (Lipinski definition) is 0. The van der Waals surface area contributed by atoms with Gasteiger partial charge in [0.2, 0.25) is 0 Å². The third kappa shape index (κ3) is 26.9. The van der Waals surface area contributed by atoms with Gasteiger partial charge in [-0.25, -0.2) is 0 Å². The molecule has 0 aliphatic heterocycles. The molecule has 0 saturated carbocycles. The van der Waals surface area contributed by atoms with E-state index in [4.69, 9.17) is 0 Å². The van der Waals surface area contributed by atoms with E-state index in [-0.39, 0.29) is 0 Å². The van der Waals surface area contributed by atoms with Gasteiger partial charge in [0.15, 0.2) is 0 Å². The molecule has 0 saturated heterocycles. The largest absolute Gasteiger partial charge is 0.0654 e. The number of rotatable bonds is 10. The van der Waals surface area contributed by atoms with E-state index >= 15 is 0 Å². The Kier molecular flexibility index (Phi) is 15.5. The summed E-state index contributed by atoms with van der Waals surface area (Å²) in [5.74, 6) is 1.76. The normalized spacial score (nSPS) is 12.5. The summed E-state index contributed by atoms with van der Waals surface area (Å²) in [7, 11) is 0. The van der Waals surface area contributed by atoms with Crippen molar-refractivity contribution in [1.29, 1.82) is 0 Å². The van der Waals surface area contributed by atoms with Gasteiger partial charge >= 0.3 is 0 Å². The average Bonchev–Trinajstić information content (AvgIpc) is 2.33. The summed E-state index contributed by atoms with van der Waals surface area (Å²) in [5.41, 5.74) is 0.981. The quantitative estimate of drug-likeness (QED) is 0.347. The van der Waals surface area contributed by atoms with Crippen LogP contribution in [0, 0.1) is 22.7 Å². The van der Waals surface area contributed by atoms with E-state index < -0.39 is 0 Å². The van der Waals surface area contributed by atoms with Crippen molar-refractivity contribution < 1.29 is 0 Å². The van der Waals surface area contributed by atoms with Gasteiger partial charge in [0.1, 0.15) is 0 Å². The second-order valence-electron chi connectivity index (χ2n) is 10.9. The van der Waals surface area contributed by atoms with Crippen LogP contribution in [0.5, 0.6) is 0 Å². The summed E-state index contributed by atoms with van der Waals surface area (Å²) in [6, 6.07) is 0. The number of unbranched alkanes of at least 4 members (excludes halogenated alkanes) is 6. The highest BCUT2D eigenvalue weighted by Crippen LogP contribution is 2.32. The first-order valence-corrected chi connectivity index (χ1v) is 10.9. The third-order valence-corrected chi connectivity index (χ3v) is 4.31. The molecule has 0 spiro atoms. The van der Waals surface area contributed by atoms with E-state index in [1.807, 2.05) is 0 Å². The van der Waals surface area contributed by atoms with E-state index in [9.17, 15) is 0 Å². The molecule has 0 radical (unpaired) electrons. The van der Waals surface area contributed by atoms with Crippen LogP contribution in [0.3, 0.4) is 0 Å². The Labute approximate surface area is 156 Å². The fourth-order valence-corrected chi connectivity index (χ4v) is 3.67. The van der Waals surface area contributed by atoms with Crippen molar-refractivity contribution in [1.82, 2.24) is 0 Å². The summed E-state index contributed by atoms with van der Waals surface area (Å²) >= 11 is 0. The molecule has 0 unspecified atom stereocenters. The van der Waals surface area contributed by atoms with Crippen LogP contribution in [0.25, 0.3) is 0 Å². The molecule has 0 N–H and O–H groups in total. The van der Waals surface area contributed by atoms with Crippen LogP contribution in [-0.4, -0.2) is 0 Å². The highest BCUT2D eigenvalue weighted by Gasteiger charge is 2.20. The topological polar surface area (TPSA) is 0 Å². The molecule has 0 aliphatic carbocycles. The first kappa shape index (κ1) is 26.2. The molecule has 0 atom stereocenters. The first-order valence-electron chi connectivity index (χ1n) is 10.9. The Bertz CT molecular complexity index is 232. The smallest absolute Gasteiger partial charge is 0.0380 e. The maximum atomic E-state index is 2.37. The van der Waals surface area contributed by atoms with Gasteiger partial charge in [0, 0.05) is 0 Å². The number of hydrogen-bond donors (Lipinski definition) is 0. The van der Waals surface area contributed by atoms with Crippen LogP contribution in [0.1, 0.15) is 133 Å².